The molecule has 1 heterocycles. The van der Waals surface area contributed by atoms with Gasteiger partial charge in [0.05, 0.1) is 13.3 Å². The Morgan fingerprint density at radius 2 is 2.00 bits per heavy atom. The van der Waals surface area contributed by atoms with Crippen molar-refractivity contribution >= 4 is 0 Å². The van der Waals surface area contributed by atoms with Crippen molar-refractivity contribution in [2.75, 3.05) is 7.11 Å². The molecule has 1 aromatic heterocycles. The zero-order valence-electron chi connectivity index (χ0n) is 8.29. The van der Waals surface area contributed by atoms with Crippen LogP contribution in [-0.4, -0.2) is 12.1 Å². The van der Waals surface area contributed by atoms with Gasteiger partial charge in [-0.05, 0) is 18.1 Å². The van der Waals surface area contributed by atoms with Gasteiger partial charge in [0.2, 0.25) is 0 Å². The molecule has 0 radical (unpaired) electrons. The van der Waals surface area contributed by atoms with Crippen molar-refractivity contribution in [1.29, 1.82) is 0 Å². The summed E-state index contributed by atoms with van der Waals surface area (Å²) in [6.45, 7) is 6.09. The lowest BCUT2D eigenvalue weighted by Crippen LogP contribution is -1.86. The first-order chi connectivity index (χ1) is 5.86. The Bertz CT molecular complexity index is 191. The molecule has 0 amide bonds. The number of hydrogen-bond acceptors (Lipinski definition) is 2. The van der Waals surface area contributed by atoms with Crippen LogP contribution < -0.4 is 4.74 Å². The molecule has 0 aliphatic carbocycles. The van der Waals surface area contributed by atoms with Crippen LogP contribution in [0.2, 0.25) is 0 Å². The zero-order chi connectivity index (χ0) is 9.40. The topological polar surface area (TPSA) is 22.1 Å². The molecule has 0 spiro atoms. The minimum Gasteiger partial charge on any atom is -0.495 e. The molecule has 1 aromatic rings. The van der Waals surface area contributed by atoms with Gasteiger partial charge >= 0.3 is 0 Å². The van der Waals surface area contributed by atoms with E-state index in [4.69, 9.17) is 4.74 Å². The van der Waals surface area contributed by atoms with Gasteiger partial charge in [0.1, 0.15) is 5.75 Å². The van der Waals surface area contributed by atoms with Crippen molar-refractivity contribution in [2.24, 2.45) is 0 Å². The molecule has 0 atom stereocenters. The van der Waals surface area contributed by atoms with E-state index in [1.165, 1.54) is 5.56 Å². The number of pyridine rings is 1. The molecule has 1 rings (SSSR count). The molecular weight excluding hydrogens is 150 g/mol. The van der Waals surface area contributed by atoms with Gasteiger partial charge in [-0.3, -0.25) is 4.98 Å². The summed E-state index contributed by atoms with van der Waals surface area (Å²) in [5, 5.41) is 0. The predicted molar refractivity (Wildman–Crippen MR) is 51.5 cm³/mol. The van der Waals surface area contributed by atoms with Crippen LogP contribution in [0, 0.1) is 0 Å². The fourth-order valence-electron chi connectivity index (χ4n) is 0.769. The van der Waals surface area contributed by atoms with E-state index < -0.39 is 0 Å². The third-order valence-corrected chi connectivity index (χ3v) is 1.41. The maximum atomic E-state index is 4.99. The number of hydrogen-bond donors (Lipinski definition) is 0. The monoisotopic (exact) mass is 167 g/mol. The van der Waals surface area contributed by atoms with Crippen LogP contribution in [0.15, 0.2) is 18.5 Å². The molecule has 68 valence electrons. The highest BCUT2D eigenvalue weighted by atomic mass is 16.5. The highest BCUT2D eigenvalue weighted by molar-refractivity contribution is 5.22. The fourth-order valence-corrected chi connectivity index (χ4v) is 0.769. The molecular formula is C10H17NO. The minimum absolute atomic E-state index is 0.833. The predicted octanol–water partition coefficient (Wildman–Crippen LogP) is 2.68. The quantitative estimate of drug-likeness (QED) is 0.675. The van der Waals surface area contributed by atoms with Crippen molar-refractivity contribution in [3.05, 3.63) is 24.0 Å². The van der Waals surface area contributed by atoms with Crippen LogP contribution in [0.3, 0.4) is 0 Å². The summed E-state index contributed by atoms with van der Waals surface area (Å²) in [5.41, 5.74) is 1.21. The number of aryl methyl sites for hydroxylation is 1. The molecule has 0 aliphatic heterocycles. The fraction of sp³-hybridized carbons (Fsp3) is 0.500. The molecule has 0 fully saturated rings. The van der Waals surface area contributed by atoms with Gasteiger partial charge in [-0.25, -0.2) is 0 Å². The summed E-state index contributed by atoms with van der Waals surface area (Å²) in [7, 11) is 1.65. The van der Waals surface area contributed by atoms with Crippen molar-refractivity contribution in [3.8, 4) is 5.75 Å². The maximum absolute atomic E-state index is 4.99. The smallest absolute Gasteiger partial charge is 0.137 e. The summed E-state index contributed by atoms with van der Waals surface area (Å²) in [6.07, 6.45) is 4.56. The molecule has 12 heavy (non-hydrogen) atoms. The second kappa shape index (κ2) is 6.65. The van der Waals surface area contributed by atoms with Gasteiger partial charge in [-0.2, -0.15) is 0 Å². The minimum atomic E-state index is 0.833. The largest absolute Gasteiger partial charge is 0.495 e. The summed E-state index contributed by atoms with van der Waals surface area (Å²) < 4.78 is 4.99. The molecule has 0 aromatic carbocycles. The van der Waals surface area contributed by atoms with E-state index >= 15 is 0 Å². The van der Waals surface area contributed by atoms with Crippen molar-refractivity contribution < 1.29 is 4.74 Å². The Hall–Kier alpha value is -1.05. The van der Waals surface area contributed by atoms with Crippen LogP contribution in [0.1, 0.15) is 26.3 Å². The van der Waals surface area contributed by atoms with E-state index in [1.54, 1.807) is 13.3 Å². The molecule has 0 bridgehead atoms. The zero-order valence-corrected chi connectivity index (χ0v) is 8.29. The summed E-state index contributed by atoms with van der Waals surface area (Å²) in [5.74, 6) is 0.833. The Kier molecular flexibility index (Phi) is 6.07. The first-order valence-electron chi connectivity index (χ1n) is 4.34. The summed E-state index contributed by atoms with van der Waals surface area (Å²) in [4.78, 5) is 4.00. The van der Waals surface area contributed by atoms with E-state index in [-0.39, 0.29) is 0 Å². The Labute approximate surface area is 74.6 Å². The lowest BCUT2D eigenvalue weighted by molar-refractivity contribution is 0.412. The summed E-state index contributed by atoms with van der Waals surface area (Å²) in [6, 6.07) is 1.99. The van der Waals surface area contributed by atoms with Crippen molar-refractivity contribution in [1.82, 2.24) is 4.98 Å². The number of nitrogens with zero attached hydrogens (tertiary/aromatic N) is 1. The molecule has 2 heteroatoms. The standard InChI is InChI=1S/C8H11NO.C2H6/c1-3-7-4-8(10-2)6-9-5-7;1-2/h4-6H,3H2,1-2H3;1-2H3. The average molecular weight is 167 g/mol. The van der Waals surface area contributed by atoms with E-state index in [0.29, 0.717) is 0 Å². The molecule has 0 saturated carbocycles. The van der Waals surface area contributed by atoms with Crippen molar-refractivity contribution in [3.63, 3.8) is 0 Å². The van der Waals surface area contributed by atoms with Crippen LogP contribution in [0.5, 0.6) is 5.75 Å². The second-order valence-electron chi connectivity index (χ2n) is 2.09. The van der Waals surface area contributed by atoms with Gasteiger partial charge in [0, 0.05) is 6.20 Å². The van der Waals surface area contributed by atoms with Crippen LogP contribution >= 0.6 is 0 Å². The molecule has 2 nitrogen and oxygen atoms in total. The second-order valence-corrected chi connectivity index (χ2v) is 2.09. The first-order valence-corrected chi connectivity index (χ1v) is 4.34. The highest BCUT2D eigenvalue weighted by Gasteiger charge is 1.91. The van der Waals surface area contributed by atoms with Crippen LogP contribution in [-0.2, 0) is 6.42 Å². The van der Waals surface area contributed by atoms with Crippen molar-refractivity contribution in [2.45, 2.75) is 27.2 Å². The Morgan fingerprint density at radius 3 is 2.50 bits per heavy atom. The normalized spacial score (nSPS) is 8.33. The van der Waals surface area contributed by atoms with Gasteiger partial charge in [-0.1, -0.05) is 20.8 Å². The highest BCUT2D eigenvalue weighted by Crippen LogP contribution is 2.09. The Morgan fingerprint density at radius 1 is 1.33 bits per heavy atom. The number of rotatable bonds is 2. The van der Waals surface area contributed by atoms with E-state index in [0.717, 1.165) is 12.2 Å². The van der Waals surface area contributed by atoms with Gasteiger partial charge in [0.25, 0.3) is 0 Å². The average Bonchev–Trinajstić information content (AvgIpc) is 2.21. The SMILES string of the molecule is CC.CCc1cncc(OC)c1. The van der Waals surface area contributed by atoms with Crippen LogP contribution in [0.4, 0.5) is 0 Å². The Balaban J connectivity index is 0.000000561. The number of ether oxygens (including phenoxy) is 1. The lowest BCUT2D eigenvalue weighted by Gasteiger charge is -1.99. The van der Waals surface area contributed by atoms with Gasteiger partial charge in [-0.15, -0.1) is 0 Å². The van der Waals surface area contributed by atoms with E-state index in [2.05, 4.69) is 11.9 Å². The molecule has 0 N–H and O–H groups in total. The third-order valence-electron chi connectivity index (χ3n) is 1.41. The molecule has 0 aliphatic rings. The maximum Gasteiger partial charge on any atom is 0.137 e. The van der Waals surface area contributed by atoms with Gasteiger partial charge < -0.3 is 4.74 Å². The number of methoxy groups -OCH3 is 1. The summed E-state index contributed by atoms with van der Waals surface area (Å²) >= 11 is 0. The molecule has 0 saturated heterocycles. The lowest BCUT2D eigenvalue weighted by atomic mass is 10.2. The van der Waals surface area contributed by atoms with E-state index in [1.807, 2.05) is 26.1 Å². The van der Waals surface area contributed by atoms with Gasteiger partial charge in [0.15, 0.2) is 0 Å². The van der Waals surface area contributed by atoms with E-state index in [9.17, 15) is 0 Å². The van der Waals surface area contributed by atoms with Crippen LogP contribution in [0.25, 0.3) is 0 Å². The third kappa shape index (κ3) is 3.37. The number of aromatic nitrogens is 1. The first kappa shape index (κ1) is 11.0. The molecule has 0 unspecified atom stereocenters.